The molecule has 0 spiro atoms. The third-order valence-electron chi connectivity index (χ3n) is 2.96. The van der Waals surface area contributed by atoms with E-state index in [1.165, 1.54) is 0 Å². The zero-order chi connectivity index (χ0) is 15.6. The first-order chi connectivity index (χ1) is 9.75. The van der Waals surface area contributed by atoms with Gasteiger partial charge >= 0.3 is 0 Å². The van der Waals surface area contributed by atoms with Crippen molar-refractivity contribution >= 4 is 29.0 Å². The monoisotopic (exact) mass is 303 g/mol. The number of aromatic nitrogens is 1. The Labute approximate surface area is 129 Å². The van der Waals surface area contributed by atoms with E-state index >= 15 is 0 Å². The van der Waals surface area contributed by atoms with Crippen LogP contribution in [0.5, 0.6) is 0 Å². The first kappa shape index (κ1) is 15.3. The van der Waals surface area contributed by atoms with Crippen molar-refractivity contribution < 1.29 is 4.79 Å². The van der Waals surface area contributed by atoms with Crippen molar-refractivity contribution in [1.82, 2.24) is 4.98 Å². The number of carbonyl (C=O) groups is 1. The van der Waals surface area contributed by atoms with Crippen LogP contribution in [-0.2, 0) is 5.41 Å². The predicted octanol–water partition coefficient (Wildman–Crippen LogP) is 3.87. The molecule has 1 aromatic heterocycles. The minimum atomic E-state index is -0.239. The molecule has 2 rings (SSSR count). The van der Waals surface area contributed by atoms with Gasteiger partial charge in [0.15, 0.2) is 0 Å². The number of hydrogen-bond donors (Lipinski definition) is 2. The highest BCUT2D eigenvalue weighted by atomic mass is 35.5. The van der Waals surface area contributed by atoms with E-state index in [4.69, 9.17) is 17.3 Å². The quantitative estimate of drug-likeness (QED) is 0.885. The summed E-state index contributed by atoms with van der Waals surface area (Å²) in [5, 5.41) is 3.37. The normalized spacial score (nSPS) is 11.2. The number of pyridine rings is 1. The Kier molecular flexibility index (Phi) is 4.19. The Hall–Kier alpha value is -2.07. The third kappa shape index (κ3) is 3.95. The van der Waals surface area contributed by atoms with Gasteiger partial charge in [-0.25, -0.2) is 4.98 Å². The van der Waals surface area contributed by atoms with Crippen molar-refractivity contribution in [2.24, 2.45) is 0 Å². The second-order valence-electron chi connectivity index (χ2n) is 5.88. The van der Waals surface area contributed by atoms with Crippen LogP contribution in [-0.4, -0.2) is 10.9 Å². The highest BCUT2D eigenvalue weighted by molar-refractivity contribution is 6.30. The van der Waals surface area contributed by atoms with Crippen molar-refractivity contribution in [3.63, 3.8) is 0 Å². The number of carbonyl (C=O) groups excluding carboxylic acids is 1. The number of anilines is 2. The average Bonchev–Trinajstić information content (AvgIpc) is 2.37. The Morgan fingerprint density at radius 2 is 1.95 bits per heavy atom. The van der Waals surface area contributed by atoms with E-state index in [0.29, 0.717) is 22.1 Å². The molecule has 0 radical (unpaired) electrons. The molecule has 1 heterocycles. The summed E-state index contributed by atoms with van der Waals surface area (Å²) in [5.74, 6) is 0.0931. The van der Waals surface area contributed by atoms with E-state index in [1.54, 1.807) is 36.4 Å². The second-order valence-corrected chi connectivity index (χ2v) is 6.32. The van der Waals surface area contributed by atoms with Crippen molar-refractivity contribution in [1.29, 1.82) is 0 Å². The topological polar surface area (TPSA) is 68.0 Å². The fourth-order valence-electron chi connectivity index (χ4n) is 1.84. The van der Waals surface area contributed by atoms with Crippen molar-refractivity contribution in [2.45, 2.75) is 26.2 Å². The van der Waals surface area contributed by atoms with Crippen LogP contribution in [0.3, 0.4) is 0 Å². The lowest BCUT2D eigenvalue weighted by Crippen LogP contribution is -2.18. The zero-order valence-electron chi connectivity index (χ0n) is 12.3. The summed E-state index contributed by atoms with van der Waals surface area (Å²) in [5.41, 5.74) is 7.51. The standard InChI is InChI=1S/C16H18ClN3O/c1-16(2,3)13-7-10(8-14(18)20-13)15(21)19-12-6-4-5-11(17)9-12/h4-9H,1-3H3,(H2,18,20)(H,19,21). The molecule has 110 valence electrons. The van der Waals surface area contributed by atoms with Gasteiger partial charge in [-0.2, -0.15) is 0 Å². The molecule has 1 amide bonds. The minimum absolute atomic E-state index is 0.180. The number of amides is 1. The highest BCUT2D eigenvalue weighted by Gasteiger charge is 2.18. The molecule has 0 atom stereocenters. The molecule has 1 aromatic carbocycles. The van der Waals surface area contributed by atoms with Crippen LogP contribution < -0.4 is 11.1 Å². The number of rotatable bonds is 2. The van der Waals surface area contributed by atoms with Crippen molar-refractivity contribution in [2.75, 3.05) is 11.1 Å². The van der Waals surface area contributed by atoms with Crippen LogP contribution in [0.15, 0.2) is 36.4 Å². The molecule has 4 nitrogen and oxygen atoms in total. The molecule has 0 aliphatic heterocycles. The summed E-state index contributed by atoms with van der Waals surface area (Å²) >= 11 is 5.90. The van der Waals surface area contributed by atoms with Crippen molar-refractivity contribution in [3.05, 3.63) is 52.7 Å². The molecule has 0 saturated heterocycles. The molecule has 0 saturated carbocycles. The summed E-state index contributed by atoms with van der Waals surface area (Å²) in [4.78, 5) is 16.6. The molecule has 21 heavy (non-hydrogen) atoms. The van der Waals surface area contributed by atoms with E-state index in [9.17, 15) is 4.79 Å². The van der Waals surface area contributed by atoms with Gasteiger partial charge in [0.1, 0.15) is 5.82 Å². The summed E-state index contributed by atoms with van der Waals surface area (Å²) < 4.78 is 0. The fourth-order valence-corrected chi connectivity index (χ4v) is 2.03. The van der Waals surface area contributed by atoms with Gasteiger partial charge in [-0.1, -0.05) is 38.4 Å². The van der Waals surface area contributed by atoms with Gasteiger partial charge < -0.3 is 11.1 Å². The molecule has 0 fully saturated rings. The van der Waals surface area contributed by atoms with E-state index in [-0.39, 0.29) is 11.3 Å². The molecule has 2 aromatic rings. The number of benzene rings is 1. The maximum Gasteiger partial charge on any atom is 0.255 e. The van der Waals surface area contributed by atoms with Gasteiger partial charge in [-0.15, -0.1) is 0 Å². The molecule has 0 aliphatic carbocycles. The number of nitrogens with two attached hydrogens (primary N) is 1. The fraction of sp³-hybridized carbons (Fsp3) is 0.250. The maximum atomic E-state index is 12.3. The maximum absolute atomic E-state index is 12.3. The number of halogens is 1. The minimum Gasteiger partial charge on any atom is -0.384 e. The molecule has 0 bridgehead atoms. The van der Waals surface area contributed by atoms with Crippen LogP contribution >= 0.6 is 11.6 Å². The van der Waals surface area contributed by atoms with Gasteiger partial charge in [0.2, 0.25) is 0 Å². The summed E-state index contributed by atoms with van der Waals surface area (Å²) in [6.45, 7) is 6.06. The predicted molar refractivity (Wildman–Crippen MR) is 86.8 cm³/mol. The van der Waals surface area contributed by atoms with Gasteiger partial charge in [-0.05, 0) is 30.3 Å². The van der Waals surface area contributed by atoms with Crippen LogP contribution in [0.2, 0.25) is 5.02 Å². The molecule has 5 heteroatoms. The number of nitrogens with zero attached hydrogens (tertiary/aromatic N) is 1. The van der Waals surface area contributed by atoms with Crippen LogP contribution in [0, 0.1) is 0 Å². The summed E-state index contributed by atoms with van der Waals surface area (Å²) in [6, 6.07) is 10.3. The molecular weight excluding hydrogens is 286 g/mol. The summed E-state index contributed by atoms with van der Waals surface area (Å²) in [6.07, 6.45) is 0. The highest BCUT2D eigenvalue weighted by Crippen LogP contribution is 2.23. The van der Waals surface area contributed by atoms with E-state index in [2.05, 4.69) is 10.3 Å². The number of hydrogen-bond acceptors (Lipinski definition) is 3. The first-order valence-electron chi connectivity index (χ1n) is 6.61. The Bertz CT molecular complexity index is 677. The van der Waals surface area contributed by atoms with Crippen LogP contribution in [0.25, 0.3) is 0 Å². The Balaban J connectivity index is 2.29. The Morgan fingerprint density at radius 3 is 2.57 bits per heavy atom. The van der Waals surface area contributed by atoms with Gasteiger partial charge in [-0.3, -0.25) is 4.79 Å². The van der Waals surface area contributed by atoms with Gasteiger partial charge in [0.05, 0.1) is 0 Å². The third-order valence-corrected chi connectivity index (χ3v) is 3.19. The van der Waals surface area contributed by atoms with Crippen LogP contribution in [0.4, 0.5) is 11.5 Å². The zero-order valence-corrected chi connectivity index (χ0v) is 13.0. The second kappa shape index (κ2) is 5.74. The SMILES string of the molecule is CC(C)(C)c1cc(C(=O)Nc2cccc(Cl)c2)cc(N)n1. The summed E-state index contributed by atoms with van der Waals surface area (Å²) in [7, 11) is 0. The number of nitrogens with one attached hydrogen (secondary N) is 1. The van der Waals surface area contributed by atoms with Crippen LogP contribution in [0.1, 0.15) is 36.8 Å². The lowest BCUT2D eigenvalue weighted by atomic mass is 9.90. The molecule has 0 unspecified atom stereocenters. The molecule has 3 N–H and O–H groups in total. The molecular formula is C16H18ClN3O. The van der Waals surface area contributed by atoms with Gasteiger partial charge in [0.25, 0.3) is 5.91 Å². The van der Waals surface area contributed by atoms with Gasteiger partial charge in [0, 0.05) is 27.4 Å². The van der Waals surface area contributed by atoms with E-state index in [0.717, 1.165) is 5.69 Å². The smallest absolute Gasteiger partial charge is 0.255 e. The van der Waals surface area contributed by atoms with Crippen molar-refractivity contribution in [3.8, 4) is 0 Å². The first-order valence-corrected chi connectivity index (χ1v) is 6.98. The van der Waals surface area contributed by atoms with E-state index < -0.39 is 0 Å². The average molecular weight is 304 g/mol. The lowest BCUT2D eigenvalue weighted by Gasteiger charge is -2.19. The van der Waals surface area contributed by atoms with E-state index in [1.807, 2.05) is 20.8 Å². The largest absolute Gasteiger partial charge is 0.384 e. The lowest BCUT2D eigenvalue weighted by molar-refractivity contribution is 0.102. The Morgan fingerprint density at radius 1 is 1.24 bits per heavy atom. The number of nitrogen functional groups attached to an aromatic ring is 1. The molecule has 0 aliphatic rings.